The van der Waals surface area contributed by atoms with Crippen LogP contribution in [0.2, 0.25) is 0 Å². The number of hydrogen-bond acceptors (Lipinski definition) is 2. The third kappa shape index (κ3) is 3.35. The van der Waals surface area contributed by atoms with E-state index in [0.29, 0.717) is 5.89 Å². The van der Waals surface area contributed by atoms with E-state index in [-0.39, 0.29) is 0 Å². The van der Waals surface area contributed by atoms with Crippen molar-refractivity contribution in [3.63, 3.8) is 0 Å². The molecule has 0 aliphatic rings. The molecule has 2 heteroatoms. The normalized spacial score (nSPS) is 11.5. The molecule has 2 nitrogen and oxygen atoms in total. The molecule has 3 aromatic carbocycles. The van der Waals surface area contributed by atoms with Crippen LogP contribution in [0.15, 0.2) is 95.4 Å². The summed E-state index contributed by atoms with van der Waals surface area (Å²) in [5.41, 5.74) is 5.17. The largest absolute Gasteiger partial charge is 0.435 e. The zero-order valence-corrected chi connectivity index (χ0v) is 14.6. The maximum Gasteiger partial charge on any atom is 0.227 e. The highest BCUT2D eigenvalue weighted by Crippen LogP contribution is 2.32. The van der Waals surface area contributed by atoms with E-state index >= 15 is 0 Å². The Morgan fingerprint density at radius 2 is 1.27 bits per heavy atom. The Kier molecular flexibility index (Phi) is 4.48. The van der Waals surface area contributed by atoms with Crippen molar-refractivity contribution >= 4 is 11.6 Å². The summed E-state index contributed by atoms with van der Waals surface area (Å²) in [5, 5.41) is 0. The summed E-state index contributed by atoms with van der Waals surface area (Å²) in [4.78, 5) is 4.78. The van der Waals surface area contributed by atoms with Crippen LogP contribution in [-0.4, -0.2) is 4.98 Å². The maximum atomic E-state index is 6.17. The molecule has 0 N–H and O–H groups in total. The van der Waals surface area contributed by atoms with Gasteiger partial charge in [-0.2, -0.15) is 0 Å². The minimum absolute atomic E-state index is 0.636. The molecule has 0 fully saturated rings. The van der Waals surface area contributed by atoms with Crippen LogP contribution in [0.4, 0.5) is 0 Å². The number of oxazole rings is 1. The van der Waals surface area contributed by atoms with Crippen LogP contribution >= 0.6 is 0 Å². The molecule has 1 heterocycles. The van der Waals surface area contributed by atoms with Crippen molar-refractivity contribution in [2.24, 2.45) is 0 Å². The van der Waals surface area contributed by atoms with E-state index in [1.807, 2.05) is 78.9 Å². The predicted octanol–water partition coefficient (Wildman–Crippen LogP) is 6.57. The lowest BCUT2D eigenvalue weighted by atomic mass is 10.0. The van der Waals surface area contributed by atoms with Crippen molar-refractivity contribution in [3.8, 4) is 22.8 Å². The van der Waals surface area contributed by atoms with Crippen LogP contribution in [0.1, 0.15) is 18.2 Å². The number of aromatic nitrogens is 1. The van der Waals surface area contributed by atoms with Gasteiger partial charge in [-0.15, -0.1) is 0 Å². The SMILES string of the molecule is C/C(=C/c1nc(-c2ccccc2)oc1-c1ccccc1)c1ccccc1. The second-order valence-corrected chi connectivity index (χ2v) is 6.16. The van der Waals surface area contributed by atoms with Crippen molar-refractivity contribution in [3.05, 3.63) is 102 Å². The molecule has 0 aliphatic carbocycles. The minimum Gasteiger partial charge on any atom is -0.435 e. The Labute approximate surface area is 153 Å². The molecule has 4 rings (SSSR count). The molecule has 0 atom stereocenters. The van der Waals surface area contributed by atoms with Crippen molar-refractivity contribution in [2.75, 3.05) is 0 Å². The lowest BCUT2D eigenvalue weighted by Crippen LogP contribution is -1.83. The fraction of sp³-hybridized carbons (Fsp3) is 0.0417. The fourth-order valence-electron chi connectivity index (χ4n) is 2.92. The van der Waals surface area contributed by atoms with Crippen LogP contribution < -0.4 is 0 Å². The molecule has 0 aliphatic heterocycles. The van der Waals surface area contributed by atoms with Crippen LogP contribution in [0.25, 0.3) is 34.4 Å². The average molecular weight is 337 g/mol. The fourth-order valence-corrected chi connectivity index (χ4v) is 2.92. The van der Waals surface area contributed by atoms with Crippen molar-refractivity contribution in [1.82, 2.24) is 4.98 Å². The third-order valence-electron chi connectivity index (χ3n) is 4.29. The molecular formula is C24H19NO. The van der Waals surface area contributed by atoms with E-state index < -0.39 is 0 Å². The van der Waals surface area contributed by atoms with Gasteiger partial charge in [0.1, 0.15) is 5.69 Å². The molecule has 4 aromatic rings. The zero-order valence-electron chi connectivity index (χ0n) is 14.6. The van der Waals surface area contributed by atoms with Gasteiger partial charge in [0.25, 0.3) is 0 Å². The molecule has 0 saturated carbocycles. The summed E-state index contributed by atoms with van der Waals surface area (Å²) in [7, 11) is 0. The van der Waals surface area contributed by atoms with Gasteiger partial charge < -0.3 is 4.42 Å². The minimum atomic E-state index is 0.636. The molecule has 126 valence electrons. The Hall–Kier alpha value is -3.39. The molecule has 26 heavy (non-hydrogen) atoms. The molecule has 1 aromatic heterocycles. The average Bonchev–Trinajstić information content (AvgIpc) is 3.14. The van der Waals surface area contributed by atoms with E-state index in [9.17, 15) is 0 Å². The first-order valence-electron chi connectivity index (χ1n) is 8.66. The predicted molar refractivity (Wildman–Crippen MR) is 107 cm³/mol. The van der Waals surface area contributed by atoms with Crippen LogP contribution in [-0.2, 0) is 0 Å². The van der Waals surface area contributed by atoms with E-state index in [4.69, 9.17) is 9.40 Å². The Morgan fingerprint density at radius 3 is 1.88 bits per heavy atom. The summed E-state index contributed by atoms with van der Waals surface area (Å²) in [5.74, 6) is 1.43. The summed E-state index contributed by atoms with van der Waals surface area (Å²) >= 11 is 0. The van der Waals surface area contributed by atoms with E-state index in [0.717, 1.165) is 28.2 Å². The first kappa shape index (κ1) is 16.1. The number of allylic oxidation sites excluding steroid dienone is 1. The van der Waals surface area contributed by atoms with Gasteiger partial charge in [-0.25, -0.2) is 4.98 Å². The van der Waals surface area contributed by atoms with E-state index in [2.05, 4.69) is 25.1 Å². The summed E-state index contributed by atoms with van der Waals surface area (Å²) in [6.45, 7) is 2.10. The topological polar surface area (TPSA) is 26.0 Å². The van der Waals surface area contributed by atoms with Gasteiger partial charge in [0.05, 0.1) is 0 Å². The number of benzene rings is 3. The molecule has 0 bridgehead atoms. The molecule has 0 saturated heterocycles. The van der Waals surface area contributed by atoms with Crippen LogP contribution in [0.5, 0.6) is 0 Å². The highest BCUT2D eigenvalue weighted by molar-refractivity contribution is 5.84. The van der Waals surface area contributed by atoms with Gasteiger partial charge >= 0.3 is 0 Å². The Bertz CT molecular complexity index is 1020. The first-order valence-corrected chi connectivity index (χ1v) is 8.66. The molecular weight excluding hydrogens is 318 g/mol. The second-order valence-electron chi connectivity index (χ2n) is 6.16. The Morgan fingerprint density at radius 1 is 0.731 bits per heavy atom. The molecule has 0 spiro atoms. The number of hydrogen-bond donors (Lipinski definition) is 0. The van der Waals surface area contributed by atoms with Crippen molar-refractivity contribution in [1.29, 1.82) is 0 Å². The monoisotopic (exact) mass is 337 g/mol. The van der Waals surface area contributed by atoms with Gasteiger partial charge in [-0.1, -0.05) is 78.9 Å². The van der Waals surface area contributed by atoms with Gasteiger partial charge in [0.2, 0.25) is 5.89 Å². The van der Waals surface area contributed by atoms with Gasteiger partial charge in [0, 0.05) is 11.1 Å². The highest BCUT2D eigenvalue weighted by atomic mass is 16.4. The summed E-state index contributed by atoms with van der Waals surface area (Å²) in [6, 6.07) is 30.4. The lowest BCUT2D eigenvalue weighted by molar-refractivity contribution is 0.588. The van der Waals surface area contributed by atoms with Crippen molar-refractivity contribution in [2.45, 2.75) is 6.92 Å². The van der Waals surface area contributed by atoms with Gasteiger partial charge in [0.15, 0.2) is 5.76 Å². The van der Waals surface area contributed by atoms with E-state index in [1.165, 1.54) is 5.56 Å². The smallest absolute Gasteiger partial charge is 0.227 e. The highest BCUT2D eigenvalue weighted by Gasteiger charge is 2.15. The quantitative estimate of drug-likeness (QED) is 0.421. The molecule has 0 radical (unpaired) electrons. The molecule has 0 unspecified atom stereocenters. The standard InChI is InChI=1S/C24H19NO/c1-18(19-11-5-2-6-12-19)17-22-23(20-13-7-3-8-14-20)26-24(25-22)21-15-9-4-10-16-21/h2-17H,1H3/b18-17-. The zero-order chi connectivity index (χ0) is 17.8. The van der Waals surface area contributed by atoms with Crippen molar-refractivity contribution < 1.29 is 4.42 Å². The lowest BCUT2D eigenvalue weighted by Gasteiger charge is -2.01. The van der Waals surface area contributed by atoms with Gasteiger partial charge in [-0.05, 0) is 36.3 Å². The molecule has 0 amide bonds. The Balaban J connectivity index is 1.83. The third-order valence-corrected chi connectivity index (χ3v) is 4.29. The van der Waals surface area contributed by atoms with Crippen LogP contribution in [0, 0.1) is 0 Å². The number of nitrogens with zero attached hydrogens (tertiary/aromatic N) is 1. The summed E-state index contributed by atoms with van der Waals surface area (Å²) in [6.07, 6.45) is 2.09. The number of rotatable bonds is 4. The summed E-state index contributed by atoms with van der Waals surface area (Å²) < 4.78 is 6.17. The van der Waals surface area contributed by atoms with E-state index in [1.54, 1.807) is 0 Å². The first-order chi connectivity index (χ1) is 12.8. The van der Waals surface area contributed by atoms with Gasteiger partial charge in [-0.3, -0.25) is 0 Å². The second kappa shape index (κ2) is 7.24. The van der Waals surface area contributed by atoms with Crippen LogP contribution in [0.3, 0.4) is 0 Å². The maximum absolute atomic E-state index is 6.17.